The van der Waals surface area contributed by atoms with Gasteiger partial charge in [0.15, 0.2) is 0 Å². The predicted molar refractivity (Wildman–Crippen MR) is 61.4 cm³/mol. The van der Waals surface area contributed by atoms with Gasteiger partial charge < -0.3 is 19.9 Å². The molecular weight excluding hydrogens is 206 g/mol. The van der Waals surface area contributed by atoms with Crippen molar-refractivity contribution < 1.29 is 14.6 Å². The monoisotopic (exact) mass is 229 g/mol. The van der Waals surface area contributed by atoms with Gasteiger partial charge in [-0.25, -0.2) is 0 Å². The maximum atomic E-state index is 10.3. The zero-order chi connectivity index (χ0) is 11.4. The molecule has 0 aromatic heterocycles. The van der Waals surface area contributed by atoms with Crippen LogP contribution in [-0.4, -0.2) is 49.7 Å². The molecule has 16 heavy (non-hydrogen) atoms. The van der Waals surface area contributed by atoms with Crippen LogP contribution in [0.15, 0.2) is 0 Å². The number of hydrogen-bond donors (Lipinski definition) is 2. The van der Waals surface area contributed by atoms with Gasteiger partial charge in [-0.05, 0) is 32.2 Å². The van der Waals surface area contributed by atoms with Crippen molar-refractivity contribution in [1.29, 1.82) is 0 Å². The van der Waals surface area contributed by atoms with E-state index in [1.807, 2.05) is 6.92 Å². The van der Waals surface area contributed by atoms with E-state index in [0.717, 1.165) is 39.0 Å². The molecule has 2 aliphatic rings. The second kappa shape index (κ2) is 5.45. The summed E-state index contributed by atoms with van der Waals surface area (Å²) in [6.07, 6.45) is 2.97. The SMILES string of the molecule is CC1OCCC1(O)CNCC1CCOCC1. The first-order valence-electron chi connectivity index (χ1n) is 6.33. The molecule has 4 heteroatoms. The third-order valence-electron chi connectivity index (χ3n) is 3.86. The van der Waals surface area contributed by atoms with E-state index < -0.39 is 5.60 Å². The minimum Gasteiger partial charge on any atom is -0.386 e. The summed E-state index contributed by atoms with van der Waals surface area (Å²) in [7, 11) is 0. The summed E-state index contributed by atoms with van der Waals surface area (Å²) in [5.41, 5.74) is -0.662. The average molecular weight is 229 g/mol. The van der Waals surface area contributed by atoms with Gasteiger partial charge in [-0.1, -0.05) is 0 Å². The van der Waals surface area contributed by atoms with E-state index in [1.54, 1.807) is 0 Å². The number of nitrogens with one attached hydrogen (secondary N) is 1. The lowest BCUT2D eigenvalue weighted by molar-refractivity contribution is -0.0273. The van der Waals surface area contributed by atoms with Crippen LogP contribution in [0.3, 0.4) is 0 Å². The summed E-state index contributed by atoms with van der Waals surface area (Å²) in [5.74, 6) is 0.704. The molecule has 4 nitrogen and oxygen atoms in total. The van der Waals surface area contributed by atoms with Crippen molar-refractivity contribution in [3.63, 3.8) is 0 Å². The molecule has 94 valence electrons. The Hall–Kier alpha value is -0.160. The summed E-state index contributed by atoms with van der Waals surface area (Å²) in [6.45, 7) is 6.02. The van der Waals surface area contributed by atoms with Gasteiger partial charge in [0.25, 0.3) is 0 Å². The maximum absolute atomic E-state index is 10.3. The molecule has 0 radical (unpaired) electrons. The Labute approximate surface area is 97.3 Å². The quantitative estimate of drug-likeness (QED) is 0.739. The normalized spacial score (nSPS) is 36.8. The van der Waals surface area contributed by atoms with Crippen LogP contribution in [-0.2, 0) is 9.47 Å². The van der Waals surface area contributed by atoms with Crippen LogP contribution < -0.4 is 5.32 Å². The van der Waals surface area contributed by atoms with E-state index in [1.165, 1.54) is 0 Å². The molecule has 0 saturated carbocycles. The number of rotatable bonds is 4. The van der Waals surface area contributed by atoms with Crippen molar-refractivity contribution in [2.24, 2.45) is 5.92 Å². The van der Waals surface area contributed by atoms with Crippen LogP contribution in [0.1, 0.15) is 26.2 Å². The Morgan fingerprint density at radius 1 is 1.31 bits per heavy atom. The lowest BCUT2D eigenvalue weighted by Crippen LogP contribution is -2.47. The van der Waals surface area contributed by atoms with Gasteiger partial charge >= 0.3 is 0 Å². The van der Waals surface area contributed by atoms with E-state index in [0.29, 0.717) is 19.1 Å². The molecule has 2 N–H and O–H groups in total. The average Bonchev–Trinajstić information content (AvgIpc) is 2.61. The Morgan fingerprint density at radius 2 is 2.06 bits per heavy atom. The van der Waals surface area contributed by atoms with Gasteiger partial charge in [-0.2, -0.15) is 0 Å². The van der Waals surface area contributed by atoms with Gasteiger partial charge in [-0.3, -0.25) is 0 Å². The second-order valence-electron chi connectivity index (χ2n) is 5.05. The fourth-order valence-corrected chi connectivity index (χ4v) is 2.45. The molecule has 0 aliphatic carbocycles. The lowest BCUT2D eigenvalue weighted by Gasteiger charge is -2.28. The maximum Gasteiger partial charge on any atom is 0.105 e. The molecule has 2 saturated heterocycles. The Kier molecular flexibility index (Phi) is 4.19. The molecule has 2 rings (SSSR count). The van der Waals surface area contributed by atoms with Gasteiger partial charge in [-0.15, -0.1) is 0 Å². The van der Waals surface area contributed by atoms with Crippen LogP contribution in [0.25, 0.3) is 0 Å². The number of ether oxygens (including phenoxy) is 2. The molecule has 0 bridgehead atoms. The highest BCUT2D eigenvalue weighted by Gasteiger charge is 2.39. The minimum atomic E-state index is -0.662. The fraction of sp³-hybridized carbons (Fsp3) is 1.00. The second-order valence-corrected chi connectivity index (χ2v) is 5.05. The van der Waals surface area contributed by atoms with E-state index in [-0.39, 0.29) is 6.10 Å². The first kappa shape index (κ1) is 12.3. The highest BCUT2D eigenvalue weighted by molar-refractivity contribution is 4.91. The van der Waals surface area contributed by atoms with E-state index in [4.69, 9.17) is 9.47 Å². The smallest absolute Gasteiger partial charge is 0.105 e. The van der Waals surface area contributed by atoms with Gasteiger partial charge in [0.1, 0.15) is 5.60 Å². The van der Waals surface area contributed by atoms with E-state index >= 15 is 0 Å². The van der Waals surface area contributed by atoms with E-state index in [9.17, 15) is 5.11 Å². The molecule has 2 heterocycles. The topological polar surface area (TPSA) is 50.7 Å². The predicted octanol–water partition coefficient (Wildman–Crippen LogP) is 0.542. The molecule has 0 amide bonds. The van der Waals surface area contributed by atoms with Gasteiger partial charge in [0, 0.05) is 32.8 Å². The van der Waals surface area contributed by atoms with Crippen LogP contribution in [0.2, 0.25) is 0 Å². The van der Waals surface area contributed by atoms with Crippen LogP contribution in [0.4, 0.5) is 0 Å². The molecule has 0 aromatic rings. The van der Waals surface area contributed by atoms with Crippen molar-refractivity contribution in [1.82, 2.24) is 5.32 Å². The summed E-state index contributed by atoms with van der Waals surface area (Å²) in [6, 6.07) is 0. The lowest BCUT2D eigenvalue weighted by atomic mass is 9.95. The standard InChI is InChI=1S/C12H23NO3/c1-10-12(14,4-7-16-10)9-13-8-11-2-5-15-6-3-11/h10-11,13-14H,2-9H2,1H3. The van der Waals surface area contributed by atoms with Crippen LogP contribution in [0, 0.1) is 5.92 Å². The summed E-state index contributed by atoms with van der Waals surface area (Å²) in [5, 5.41) is 13.7. The summed E-state index contributed by atoms with van der Waals surface area (Å²) >= 11 is 0. The molecule has 0 spiro atoms. The first-order chi connectivity index (χ1) is 7.71. The zero-order valence-corrected chi connectivity index (χ0v) is 10.1. The molecule has 2 aliphatic heterocycles. The Balaban J connectivity index is 1.66. The molecule has 0 aromatic carbocycles. The van der Waals surface area contributed by atoms with Crippen LogP contribution in [0.5, 0.6) is 0 Å². The first-order valence-corrected chi connectivity index (χ1v) is 6.33. The number of aliphatic hydroxyl groups is 1. The van der Waals surface area contributed by atoms with Crippen molar-refractivity contribution in [2.45, 2.75) is 37.9 Å². The largest absolute Gasteiger partial charge is 0.386 e. The molecule has 2 fully saturated rings. The van der Waals surface area contributed by atoms with Gasteiger partial charge in [0.2, 0.25) is 0 Å². The molecule has 2 atom stereocenters. The fourth-order valence-electron chi connectivity index (χ4n) is 2.45. The van der Waals surface area contributed by atoms with Gasteiger partial charge in [0.05, 0.1) is 6.10 Å². The third-order valence-corrected chi connectivity index (χ3v) is 3.86. The molecule has 2 unspecified atom stereocenters. The highest BCUT2D eigenvalue weighted by Crippen LogP contribution is 2.25. The van der Waals surface area contributed by atoms with Crippen molar-refractivity contribution in [3.05, 3.63) is 0 Å². The van der Waals surface area contributed by atoms with Crippen molar-refractivity contribution >= 4 is 0 Å². The van der Waals surface area contributed by atoms with Crippen molar-refractivity contribution in [2.75, 3.05) is 32.9 Å². The Morgan fingerprint density at radius 3 is 2.69 bits per heavy atom. The summed E-state index contributed by atoms with van der Waals surface area (Å²) < 4.78 is 10.7. The number of hydrogen-bond acceptors (Lipinski definition) is 4. The third kappa shape index (κ3) is 2.94. The minimum absolute atomic E-state index is 0.0466. The summed E-state index contributed by atoms with van der Waals surface area (Å²) in [4.78, 5) is 0. The van der Waals surface area contributed by atoms with Crippen molar-refractivity contribution in [3.8, 4) is 0 Å². The molecular formula is C12H23NO3. The van der Waals surface area contributed by atoms with E-state index in [2.05, 4.69) is 5.32 Å². The highest BCUT2D eigenvalue weighted by atomic mass is 16.5. The zero-order valence-electron chi connectivity index (χ0n) is 10.1. The van der Waals surface area contributed by atoms with Crippen LogP contribution >= 0.6 is 0 Å². The Bertz CT molecular complexity index is 218.